The molecule has 2 amide bonds. The number of ether oxygens (including phenoxy) is 1. The highest BCUT2D eigenvalue weighted by atomic mass is 32.2. The van der Waals surface area contributed by atoms with Crippen molar-refractivity contribution in [2.24, 2.45) is 5.16 Å². The molecule has 14 nitrogen and oxygen atoms in total. The highest BCUT2D eigenvalue weighted by Crippen LogP contribution is 2.40. The van der Waals surface area contributed by atoms with E-state index in [1.165, 1.54) is 24.3 Å². The number of amides is 2. The van der Waals surface area contributed by atoms with E-state index >= 15 is 0 Å². The summed E-state index contributed by atoms with van der Waals surface area (Å²) in [5.41, 5.74) is 12.1. The van der Waals surface area contributed by atoms with Crippen molar-refractivity contribution in [3.63, 3.8) is 0 Å². The molecule has 0 aromatic carbocycles. The van der Waals surface area contributed by atoms with Gasteiger partial charge in [-0.2, -0.15) is 4.57 Å². The van der Waals surface area contributed by atoms with Crippen LogP contribution in [-0.4, -0.2) is 75.3 Å². The minimum atomic E-state index is -1.25. The number of fused-ring (bicyclic) bond motifs is 1. The third kappa shape index (κ3) is 5.49. The highest BCUT2D eigenvalue weighted by molar-refractivity contribution is 8.00. The predicted octanol–water partition coefficient (Wildman–Crippen LogP) is -1.07. The SMILES string of the molecule is COC(=O)CON=C(C(=O)NC1C(=O)N2C(C(=O)O)=C(C[n+]3cccc(N)c3)CS[C@@H]12)c1csc(N)n1. The topological polar surface area (TPSA) is 203 Å². The predicted molar refractivity (Wildman–Crippen MR) is 132 cm³/mol. The molecule has 0 bridgehead atoms. The number of nitrogens with two attached hydrogens (primary N) is 2. The Morgan fingerprint density at radius 2 is 2.16 bits per heavy atom. The lowest BCUT2D eigenvalue weighted by molar-refractivity contribution is -0.688. The van der Waals surface area contributed by atoms with Gasteiger partial charge in [-0.25, -0.2) is 14.6 Å². The lowest BCUT2D eigenvalue weighted by Crippen LogP contribution is -2.71. The zero-order valence-corrected chi connectivity index (χ0v) is 21.0. The third-order valence-electron chi connectivity index (χ3n) is 5.34. The van der Waals surface area contributed by atoms with Gasteiger partial charge in [0.05, 0.1) is 12.8 Å². The average molecular weight is 549 g/mol. The molecule has 4 heterocycles. The molecule has 2 aromatic rings. The maximum absolute atomic E-state index is 13.0. The molecule has 1 unspecified atom stereocenters. The zero-order valence-electron chi connectivity index (χ0n) is 19.3. The Hall–Kier alpha value is -4.18. The van der Waals surface area contributed by atoms with Gasteiger partial charge in [0.15, 0.2) is 29.8 Å². The highest BCUT2D eigenvalue weighted by Gasteiger charge is 2.54. The third-order valence-corrected chi connectivity index (χ3v) is 7.35. The van der Waals surface area contributed by atoms with Gasteiger partial charge in [0.25, 0.3) is 11.8 Å². The monoisotopic (exact) mass is 548 g/mol. The number of oxime groups is 1. The number of rotatable bonds is 9. The van der Waals surface area contributed by atoms with Gasteiger partial charge in [0.2, 0.25) is 6.61 Å². The molecule has 1 fully saturated rings. The van der Waals surface area contributed by atoms with Crippen LogP contribution in [0.5, 0.6) is 0 Å². The summed E-state index contributed by atoms with van der Waals surface area (Å²) in [4.78, 5) is 59.5. The zero-order chi connectivity index (χ0) is 26.7. The van der Waals surface area contributed by atoms with E-state index in [-0.39, 0.29) is 28.8 Å². The molecule has 4 rings (SSSR count). The smallest absolute Gasteiger partial charge is 0.352 e. The molecule has 194 valence electrons. The first-order valence-electron chi connectivity index (χ1n) is 10.6. The molecule has 16 heteroatoms. The van der Waals surface area contributed by atoms with Gasteiger partial charge < -0.3 is 31.5 Å². The lowest BCUT2D eigenvalue weighted by Gasteiger charge is -2.49. The van der Waals surface area contributed by atoms with Crippen molar-refractivity contribution in [1.82, 2.24) is 15.2 Å². The maximum Gasteiger partial charge on any atom is 0.352 e. The molecule has 0 spiro atoms. The molecule has 0 aliphatic carbocycles. The molecule has 2 aromatic heterocycles. The summed E-state index contributed by atoms with van der Waals surface area (Å²) in [6, 6.07) is 2.42. The number of carbonyl (C=O) groups is 4. The van der Waals surface area contributed by atoms with Crippen LogP contribution in [0.4, 0.5) is 10.8 Å². The Morgan fingerprint density at radius 1 is 1.38 bits per heavy atom. The van der Waals surface area contributed by atoms with Gasteiger partial charge in [-0.05, 0) is 6.07 Å². The average Bonchev–Trinajstić information content (AvgIpc) is 3.30. The number of carboxylic acids is 1. The number of hydrogen-bond acceptors (Lipinski definition) is 12. The van der Waals surface area contributed by atoms with E-state index in [0.29, 0.717) is 17.0 Å². The van der Waals surface area contributed by atoms with Gasteiger partial charge in [-0.3, -0.25) is 14.5 Å². The second kappa shape index (κ2) is 10.8. The molecule has 6 N–H and O–H groups in total. The fourth-order valence-electron chi connectivity index (χ4n) is 3.68. The van der Waals surface area contributed by atoms with Crippen LogP contribution in [0.15, 0.2) is 46.3 Å². The Balaban J connectivity index is 1.52. The minimum absolute atomic E-state index is 0.0809. The number of aromatic nitrogens is 2. The molecule has 2 aliphatic rings. The number of hydrogen-bond donors (Lipinski definition) is 4. The number of nitrogen functional groups attached to an aromatic ring is 2. The number of nitrogens with zero attached hydrogens (tertiary/aromatic N) is 4. The summed E-state index contributed by atoms with van der Waals surface area (Å²) in [5, 5.41) is 17.1. The summed E-state index contributed by atoms with van der Waals surface area (Å²) in [6.07, 6.45) is 3.41. The van der Waals surface area contributed by atoms with E-state index in [1.807, 2.05) is 0 Å². The van der Waals surface area contributed by atoms with Crippen molar-refractivity contribution in [2.45, 2.75) is 18.0 Å². The summed E-state index contributed by atoms with van der Waals surface area (Å²) in [6.45, 7) is -0.324. The van der Waals surface area contributed by atoms with E-state index in [0.717, 1.165) is 16.2 Å². The van der Waals surface area contributed by atoms with Gasteiger partial charge in [-0.15, -0.1) is 23.1 Å². The number of β-lactam (4-membered cyclic amide) rings is 1. The number of aliphatic carboxylic acids is 1. The van der Waals surface area contributed by atoms with Crippen molar-refractivity contribution in [1.29, 1.82) is 0 Å². The minimum Gasteiger partial charge on any atom is -0.477 e. The van der Waals surface area contributed by atoms with E-state index in [9.17, 15) is 24.3 Å². The molecule has 2 atom stereocenters. The number of nitrogens with one attached hydrogen (secondary N) is 1. The van der Waals surface area contributed by atoms with Crippen LogP contribution in [0.3, 0.4) is 0 Å². The maximum atomic E-state index is 13.0. The van der Waals surface area contributed by atoms with Crippen LogP contribution in [-0.2, 0) is 35.3 Å². The molecule has 1 saturated heterocycles. The molecule has 37 heavy (non-hydrogen) atoms. The first kappa shape index (κ1) is 25.9. The number of thiazole rings is 1. The normalized spacial score (nSPS) is 19.1. The van der Waals surface area contributed by atoms with E-state index in [1.54, 1.807) is 29.1 Å². The number of carbonyl (C=O) groups excluding carboxylic acids is 3. The largest absolute Gasteiger partial charge is 0.477 e. The van der Waals surface area contributed by atoms with Crippen LogP contribution < -0.4 is 21.4 Å². The number of esters is 1. The van der Waals surface area contributed by atoms with Crippen LogP contribution in [0, 0.1) is 0 Å². The fourth-order valence-corrected chi connectivity index (χ4v) is 5.57. The van der Waals surface area contributed by atoms with Gasteiger partial charge in [0, 0.05) is 22.8 Å². The number of pyridine rings is 1. The van der Waals surface area contributed by atoms with Crippen LogP contribution in [0.25, 0.3) is 0 Å². The molecular formula is C21H22N7O7S2+. The second-order valence-electron chi connectivity index (χ2n) is 7.79. The Kier molecular flexibility index (Phi) is 7.58. The quantitative estimate of drug-likeness (QED) is 0.0976. The van der Waals surface area contributed by atoms with Gasteiger partial charge >= 0.3 is 11.9 Å². The van der Waals surface area contributed by atoms with Crippen molar-refractivity contribution in [2.75, 3.05) is 30.9 Å². The van der Waals surface area contributed by atoms with Gasteiger partial charge in [-0.1, -0.05) is 5.16 Å². The summed E-state index contributed by atoms with van der Waals surface area (Å²) >= 11 is 2.37. The summed E-state index contributed by atoms with van der Waals surface area (Å²) in [7, 11) is 1.17. The standard InChI is InChI=1S/C21H21N7O7S2/c1-34-13(29)7-35-26-14(12-9-37-21(23)24-12)17(30)25-15-18(31)28-16(20(32)33)10(8-36-19(15)28)5-27-4-2-3-11(22)6-27/h2-4,6,9,15,19H,5,7-8,22H2,1H3,(H3-,23,24,25,30,32,33)/p+1/t15?,19-/m0/s1. The Morgan fingerprint density at radius 3 is 2.81 bits per heavy atom. The van der Waals surface area contributed by atoms with E-state index in [2.05, 4.69) is 20.2 Å². The number of carboxylic acid groups (broad SMARTS) is 1. The Labute approximate surface area is 217 Å². The van der Waals surface area contributed by atoms with Crippen molar-refractivity contribution in [3.05, 3.63) is 46.9 Å². The second-order valence-corrected chi connectivity index (χ2v) is 9.78. The number of methoxy groups -OCH3 is 1. The molecule has 0 saturated carbocycles. The molecule has 2 aliphatic heterocycles. The van der Waals surface area contributed by atoms with Crippen molar-refractivity contribution >= 4 is 63.4 Å². The van der Waals surface area contributed by atoms with Gasteiger partial charge in [0.1, 0.15) is 22.8 Å². The first-order chi connectivity index (χ1) is 17.7. The Bertz CT molecular complexity index is 1330. The van der Waals surface area contributed by atoms with Crippen LogP contribution >= 0.6 is 23.1 Å². The molecule has 0 radical (unpaired) electrons. The van der Waals surface area contributed by atoms with Crippen LogP contribution in [0.2, 0.25) is 0 Å². The fraction of sp³-hybridized carbons (Fsp3) is 0.286. The van der Waals surface area contributed by atoms with Crippen molar-refractivity contribution < 1.29 is 38.4 Å². The molecular weight excluding hydrogens is 526 g/mol. The number of thioether (sulfide) groups is 1. The van der Waals surface area contributed by atoms with Crippen LogP contribution in [0.1, 0.15) is 5.69 Å². The number of anilines is 2. The first-order valence-corrected chi connectivity index (χ1v) is 12.6. The van der Waals surface area contributed by atoms with Crippen molar-refractivity contribution in [3.8, 4) is 0 Å². The van der Waals surface area contributed by atoms with E-state index in [4.69, 9.17) is 16.3 Å². The summed E-state index contributed by atoms with van der Waals surface area (Å²) < 4.78 is 6.20. The summed E-state index contributed by atoms with van der Waals surface area (Å²) in [5.74, 6) is -3.05. The van der Waals surface area contributed by atoms with E-state index < -0.39 is 41.8 Å². The lowest BCUT2D eigenvalue weighted by atomic mass is 10.0.